The predicted octanol–water partition coefficient (Wildman–Crippen LogP) is -0.0226. The summed E-state index contributed by atoms with van der Waals surface area (Å²) in [5, 5.41) is -0.613. The molecule has 6 nitrogen and oxygen atoms in total. The van der Waals surface area contributed by atoms with Crippen molar-refractivity contribution in [3.8, 4) is 11.5 Å². The van der Waals surface area contributed by atoms with Gasteiger partial charge in [-0.05, 0) is 17.7 Å². The molecule has 2 heterocycles. The second-order valence-corrected chi connectivity index (χ2v) is 6.66. The van der Waals surface area contributed by atoms with Crippen molar-refractivity contribution in [3.63, 3.8) is 0 Å². The summed E-state index contributed by atoms with van der Waals surface area (Å²) in [4.78, 5) is 0. The van der Waals surface area contributed by atoms with Crippen molar-refractivity contribution >= 4 is 9.84 Å². The van der Waals surface area contributed by atoms with Crippen LogP contribution in [0.3, 0.4) is 0 Å². The van der Waals surface area contributed by atoms with Crippen LogP contribution >= 0.6 is 0 Å². The Labute approximate surface area is 105 Å². The summed E-state index contributed by atoms with van der Waals surface area (Å²) in [6.07, 6.45) is 1.23. The molecule has 0 saturated carbocycles. The monoisotopic (exact) mass is 270 g/mol. The Kier molecular flexibility index (Phi) is 2.69. The first-order chi connectivity index (χ1) is 8.55. The van der Waals surface area contributed by atoms with Gasteiger partial charge in [0.05, 0.1) is 0 Å². The highest BCUT2D eigenvalue weighted by atomic mass is 32.2. The van der Waals surface area contributed by atoms with Gasteiger partial charge < -0.3 is 9.47 Å². The van der Waals surface area contributed by atoms with E-state index in [2.05, 4.69) is 10.9 Å². The normalized spacial score (nSPS) is 26.5. The van der Waals surface area contributed by atoms with E-state index in [1.165, 1.54) is 6.26 Å². The van der Waals surface area contributed by atoms with Gasteiger partial charge in [0.25, 0.3) is 0 Å². The Hall–Kier alpha value is -1.31. The molecule has 0 aromatic heterocycles. The van der Waals surface area contributed by atoms with E-state index in [1.54, 1.807) is 0 Å². The summed E-state index contributed by atoms with van der Waals surface area (Å²) in [5.74, 6) is 1.25. The summed E-state index contributed by atoms with van der Waals surface area (Å²) in [6.45, 7) is 0.785. The molecule has 0 spiro atoms. The Bertz CT molecular complexity index is 572. The first-order valence-electron chi connectivity index (χ1n) is 5.62. The number of ether oxygens (including phenoxy) is 2. The van der Waals surface area contributed by atoms with Crippen LogP contribution in [0.5, 0.6) is 11.5 Å². The Balaban J connectivity index is 1.95. The zero-order valence-corrected chi connectivity index (χ0v) is 10.7. The third-order valence-corrected chi connectivity index (χ3v) is 4.59. The topological polar surface area (TPSA) is 76.7 Å². The molecule has 0 bridgehead atoms. The fourth-order valence-corrected chi connectivity index (χ4v) is 3.47. The molecule has 2 aliphatic heterocycles. The lowest BCUT2D eigenvalue weighted by atomic mass is 9.99. The van der Waals surface area contributed by atoms with Crippen molar-refractivity contribution in [1.82, 2.24) is 10.9 Å². The minimum Gasteiger partial charge on any atom is -0.454 e. The van der Waals surface area contributed by atoms with E-state index in [0.29, 0.717) is 18.0 Å². The lowest BCUT2D eigenvalue weighted by Crippen LogP contribution is -2.37. The molecule has 1 saturated heterocycles. The van der Waals surface area contributed by atoms with Gasteiger partial charge in [0, 0.05) is 18.7 Å². The molecule has 98 valence electrons. The predicted molar refractivity (Wildman–Crippen MR) is 65.1 cm³/mol. The quantitative estimate of drug-likeness (QED) is 0.786. The van der Waals surface area contributed by atoms with E-state index in [0.717, 1.165) is 5.56 Å². The van der Waals surface area contributed by atoms with Gasteiger partial charge in [-0.2, -0.15) is 0 Å². The number of nitrogens with one attached hydrogen (secondary N) is 2. The lowest BCUT2D eigenvalue weighted by Gasteiger charge is -2.17. The Morgan fingerprint density at radius 1 is 1.28 bits per heavy atom. The van der Waals surface area contributed by atoms with Crippen molar-refractivity contribution < 1.29 is 17.9 Å². The first kappa shape index (κ1) is 11.8. The molecular weight excluding hydrogens is 256 g/mol. The van der Waals surface area contributed by atoms with Crippen LogP contribution in [0.2, 0.25) is 0 Å². The molecule has 2 aliphatic rings. The number of benzene rings is 1. The van der Waals surface area contributed by atoms with Gasteiger partial charge >= 0.3 is 0 Å². The SMILES string of the molecule is CS(=O)(=O)C1NNCC1c1ccc2c(c1)OCO2. The van der Waals surface area contributed by atoms with E-state index in [9.17, 15) is 8.42 Å². The molecule has 1 fully saturated rings. The zero-order valence-electron chi connectivity index (χ0n) is 9.84. The molecule has 1 aromatic rings. The molecule has 2 N–H and O–H groups in total. The van der Waals surface area contributed by atoms with Crippen molar-refractivity contribution in [2.45, 2.75) is 11.3 Å². The summed E-state index contributed by atoms with van der Waals surface area (Å²) >= 11 is 0. The minimum atomic E-state index is -3.16. The number of hydrogen-bond donors (Lipinski definition) is 2. The molecule has 0 aliphatic carbocycles. The maximum Gasteiger partial charge on any atom is 0.231 e. The minimum absolute atomic E-state index is 0.130. The van der Waals surface area contributed by atoms with E-state index in [4.69, 9.17) is 9.47 Å². The van der Waals surface area contributed by atoms with Gasteiger partial charge in [-0.25, -0.2) is 13.8 Å². The molecule has 0 amide bonds. The molecule has 2 atom stereocenters. The van der Waals surface area contributed by atoms with Crippen LogP contribution in [0, 0.1) is 0 Å². The van der Waals surface area contributed by atoms with E-state index < -0.39 is 15.2 Å². The third-order valence-electron chi connectivity index (χ3n) is 3.22. The highest BCUT2D eigenvalue weighted by molar-refractivity contribution is 7.91. The van der Waals surface area contributed by atoms with E-state index in [-0.39, 0.29) is 12.7 Å². The highest BCUT2D eigenvalue weighted by Gasteiger charge is 2.36. The summed E-state index contributed by atoms with van der Waals surface area (Å²) < 4.78 is 33.9. The Morgan fingerprint density at radius 2 is 2.06 bits per heavy atom. The Morgan fingerprint density at radius 3 is 2.83 bits per heavy atom. The summed E-state index contributed by atoms with van der Waals surface area (Å²) in [7, 11) is -3.16. The maximum atomic E-state index is 11.7. The maximum absolute atomic E-state index is 11.7. The van der Waals surface area contributed by atoms with Crippen LogP contribution in [0.25, 0.3) is 0 Å². The average molecular weight is 270 g/mol. The molecule has 2 unspecified atom stereocenters. The molecule has 18 heavy (non-hydrogen) atoms. The third kappa shape index (κ3) is 1.94. The van der Waals surface area contributed by atoms with Gasteiger partial charge in [0.2, 0.25) is 6.79 Å². The van der Waals surface area contributed by atoms with Crippen LogP contribution in [0.4, 0.5) is 0 Å². The summed E-state index contributed by atoms with van der Waals surface area (Å²) in [5.41, 5.74) is 6.62. The molecular formula is C11H14N2O4S. The second kappa shape index (κ2) is 4.11. The molecule has 1 aromatic carbocycles. The van der Waals surface area contributed by atoms with Gasteiger partial charge in [-0.1, -0.05) is 6.07 Å². The smallest absolute Gasteiger partial charge is 0.231 e. The highest BCUT2D eigenvalue weighted by Crippen LogP contribution is 2.36. The largest absolute Gasteiger partial charge is 0.454 e. The fourth-order valence-electron chi connectivity index (χ4n) is 2.32. The molecule has 0 radical (unpaired) electrons. The van der Waals surface area contributed by atoms with Crippen molar-refractivity contribution in [3.05, 3.63) is 23.8 Å². The molecule has 3 rings (SSSR count). The van der Waals surface area contributed by atoms with Crippen LogP contribution < -0.4 is 20.3 Å². The standard InChI is InChI=1S/C11H14N2O4S/c1-18(14,15)11-8(5-12-13-11)7-2-3-9-10(4-7)17-6-16-9/h2-4,8,11-13H,5-6H2,1H3. The second-order valence-electron chi connectivity index (χ2n) is 4.49. The average Bonchev–Trinajstić information content (AvgIpc) is 2.96. The zero-order chi connectivity index (χ0) is 12.8. The van der Waals surface area contributed by atoms with Crippen LogP contribution in [-0.2, 0) is 9.84 Å². The van der Waals surface area contributed by atoms with E-state index >= 15 is 0 Å². The number of hydrazine groups is 1. The van der Waals surface area contributed by atoms with Crippen molar-refractivity contribution in [1.29, 1.82) is 0 Å². The molecule has 7 heteroatoms. The van der Waals surface area contributed by atoms with Gasteiger partial charge in [-0.15, -0.1) is 0 Å². The first-order valence-corrected chi connectivity index (χ1v) is 7.58. The van der Waals surface area contributed by atoms with Crippen molar-refractivity contribution in [2.24, 2.45) is 0 Å². The van der Waals surface area contributed by atoms with Crippen molar-refractivity contribution in [2.75, 3.05) is 19.6 Å². The summed E-state index contributed by atoms with van der Waals surface area (Å²) in [6, 6.07) is 5.54. The number of hydrogen-bond acceptors (Lipinski definition) is 6. The number of rotatable bonds is 2. The number of sulfone groups is 1. The van der Waals surface area contributed by atoms with Gasteiger partial charge in [0.15, 0.2) is 21.3 Å². The van der Waals surface area contributed by atoms with Gasteiger partial charge in [-0.3, -0.25) is 5.43 Å². The lowest BCUT2D eigenvalue weighted by molar-refractivity contribution is 0.174. The van der Waals surface area contributed by atoms with Crippen LogP contribution in [0.1, 0.15) is 11.5 Å². The number of fused-ring (bicyclic) bond motifs is 1. The van der Waals surface area contributed by atoms with E-state index in [1.807, 2.05) is 18.2 Å². The fraction of sp³-hybridized carbons (Fsp3) is 0.455. The van der Waals surface area contributed by atoms with Crippen LogP contribution in [0.15, 0.2) is 18.2 Å². The van der Waals surface area contributed by atoms with Gasteiger partial charge in [0.1, 0.15) is 5.37 Å². The van der Waals surface area contributed by atoms with Crippen LogP contribution in [-0.4, -0.2) is 33.4 Å².